The molecule has 3 heteroatoms. The topological polar surface area (TPSA) is 42.0 Å². The van der Waals surface area contributed by atoms with Crippen molar-refractivity contribution in [3.8, 4) is 0 Å². The molecule has 0 spiro atoms. The first-order valence-electron chi connectivity index (χ1n) is 5.80. The van der Waals surface area contributed by atoms with Crippen LogP contribution >= 0.6 is 0 Å². The predicted molar refractivity (Wildman–Crippen MR) is 72.6 cm³/mol. The highest BCUT2D eigenvalue weighted by molar-refractivity contribution is 6.08. The molecule has 0 bridgehead atoms. The molecule has 18 heavy (non-hydrogen) atoms. The molecule has 3 rings (SSSR count). The summed E-state index contributed by atoms with van der Waals surface area (Å²) in [5, 5.41) is 4.58. The van der Waals surface area contributed by atoms with E-state index in [1.807, 2.05) is 48.5 Å². The summed E-state index contributed by atoms with van der Waals surface area (Å²) in [5.74, 6) is -0.0855. The Bertz CT molecular complexity index is 750. The van der Waals surface area contributed by atoms with E-state index in [4.69, 9.17) is 0 Å². The number of para-hydroxylation sites is 1. The highest BCUT2D eigenvalue weighted by atomic mass is 16.1. The second kappa shape index (κ2) is 4.11. The van der Waals surface area contributed by atoms with Gasteiger partial charge in [0, 0.05) is 23.4 Å². The summed E-state index contributed by atoms with van der Waals surface area (Å²) in [7, 11) is 1.63. The van der Waals surface area contributed by atoms with Gasteiger partial charge >= 0.3 is 0 Å². The molecule has 1 N–H and O–H groups in total. The van der Waals surface area contributed by atoms with E-state index in [1.165, 1.54) is 0 Å². The molecule has 0 aliphatic carbocycles. The van der Waals surface area contributed by atoms with E-state index in [0.29, 0.717) is 5.56 Å². The zero-order valence-corrected chi connectivity index (χ0v) is 9.97. The summed E-state index contributed by atoms with van der Waals surface area (Å²) in [4.78, 5) is 16.4. The SMILES string of the molecule is CNC(=O)c1cccc2nc3ccccc3cc12. The lowest BCUT2D eigenvalue weighted by molar-refractivity contribution is 0.0964. The summed E-state index contributed by atoms with van der Waals surface area (Å²) in [6, 6.07) is 15.5. The zero-order chi connectivity index (χ0) is 12.5. The number of fused-ring (bicyclic) bond motifs is 2. The number of carbonyl (C=O) groups excluding carboxylic acids is 1. The molecule has 1 heterocycles. The van der Waals surface area contributed by atoms with Crippen molar-refractivity contribution in [2.24, 2.45) is 0 Å². The molecule has 3 aromatic rings. The van der Waals surface area contributed by atoms with Crippen LogP contribution in [0.4, 0.5) is 0 Å². The average Bonchev–Trinajstić information content (AvgIpc) is 2.43. The highest BCUT2D eigenvalue weighted by Crippen LogP contribution is 2.22. The lowest BCUT2D eigenvalue weighted by atomic mass is 10.1. The summed E-state index contributed by atoms with van der Waals surface area (Å²) >= 11 is 0. The molecule has 0 radical (unpaired) electrons. The molecule has 0 aliphatic heterocycles. The third kappa shape index (κ3) is 1.61. The van der Waals surface area contributed by atoms with Crippen LogP contribution < -0.4 is 5.32 Å². The molecule has 2 aromatic carbocycles. The largest absolute Gasteiger partial charge is 0.355 e. The Balaban J connectivity index is 2.39. The molecule has 0 unspecified atom stereocenters. The fraction of sp³-hybridized carbons (Fsp3) is 0.0667. The fourth-order valence-electron chi connectivity index (χ4n) is 2.13. The quantitative estimate of drug-likeness (QED) is 0.660. The Morgan fingerprint density at radius 3 is 2.67 bits per heavy atom. The van der Waals surface area contributed by atoms with Gasteiger partial charge in [-0.25, -0.2) is 4.98 Å². The maximum Gasteiger partial charge on any atom is 0.251 e. The van der Waals surface area contributed by atoms with Crippen LogP contribution in [-0.2, 0) is 0 Å². The summed E-state index contributed by atoms with van der Waals surface area (Å²) < 4.78 is 0. The van der Waals surface area contributed by atoms with Gasteiger partial charge in [0.15, 0.2) is 0 Å². The number of benzene rings is 2. The van der Waals surface area contributed by atoms with Crippen LogP contribution in [0, 0.1) is 0 Å². The van der Waals surface area contributed by atoms with E-state index < -0.39 is 0 Å². The van der Waals surface area contributed by atoms with Crippen molar-refractivity contribution in [2.75, 3.05) is 7.05 Å². The van der Waals surface area contributed by atoms with E-state index >= 15 is 0 Å². The van der Waals surface area contributed by atoms with E-state index in [0.717, 1.165) is 21.8 Å². The molecule has 0 atom stereocenters. The van der Waals surface area contributed by atoms with Crippen molar-refractivity contribution in [1.29, 1.82) is 0 Å². The van der Waals surface area contributed by atoms with Gasteiger partial charge in [0.1, 0.15) is 0 Å². The Kier molecular flexibility index (Phi) is 2.45. The number of nitrogens with one attached hydrogen (secondary N) is 1. The molecule has 3 nitrogen and oxygen atoms in total. The monoisotopic (exact) mass is 236 g/mol. The number of rotatable bonds is 1. The molecule has 1 amide bonds. The molecular formula is C15H12N2O. The maximum atomic E-state index is 11.8. The second-order valence-electron chi connectivity index (χ2n) is 4.13. The summed E-state index contributed by atoms with van der Waals surface area (Å²) in [5.41, 5.74) is 2.45. The lowest BCUT2D eigenvalue weighted by Crippen LogP contribution is -2.18. The predicted octanol–water partition coefficient (Wildman–Crippen LogP) is 2.75. The first-order valence-corrected chi connectivity index (χ1v) is 5.80. The van der Waals surface area contributed by atoms with E-state index in [2.05, 4.69) is 10.3 Å². The van der Waals surface area contributed by atoms with Crippen molar-refractivity contribution in [3.05, 3.63) is 54.1 Å². The normalized spacial score (nSPS) is 10.7. The van der Waals surface area contributed by atoms with Crippen LogP contribution in [0.15, 0.2) is 48.5 Å². The van der Waals surface area contributed by atoms with Crippen LogP contribution in [0.2, 0.25) is 0 Å². The number of hydrogen-bond acceptors (Lipinski definition) is 2. The smallest absolute Gasteiger partial charge is 0.251 e. The third-order valence-corrected chi connectivity index (χ3v) is 3.03. The Labute approximate surface area is 104 Å². The minimum absolute atomic E-state index is 0.0855. The van der Waals surface area contributed by atoms with Gasteiger partial charge < -0.3 is 5.32 Å². The molecule has 1 aromatic heterocycles. The molecule has 0 aliphatic rings. The van der Waals surface area contributed by atoms with Crippen LogP contribution in [0.1, 0.15) is 10.4 Å². The van der Waals surface area contributed by atoms with Gasteiger partial charge in [-0.05, 0) is 24.3 Å². The first kappa shape index (κ1) is 10.7. The minimum Gasteiger partial charge on any atom is -0.355 e. The number of hydrogen-bond donors (Lipinski definition) is 1. The van der Waals surface area contributed by atoms with Gasteiger partial charge in [-0.1, -0.05) is 24.3 Å². The summed E-state index contributed by atoms with van der Waals surface area (Å²) in [6.45, 7) is 0. The Morgan fingerprint density at radius 1 is 1.06 bits per heavy atom. The molecule has 0 saturated carbocycles. The van der Waals surface area contributed by atoms with Crippen LogP contribution in [0.5, 0.6) is 0 Å². The lowest BCUT2D eigenvalue weighted by Gasteiger charge is -2.06. The number of aromatic nitrogens is 1. The van der Waals surface area contributed by atoms with Gasteiger partial charge in [-0.15, -0.1) is 0 Å². The molecule has 88 valence electrons. The fourth-order valence-corrected chi connectivity index (χ4v) is 2.13. The van der Waals surface area contributed by atoms with Crippen molar-refractivity contribution < 1.29 is 4.79 Å². The second-order valence-corrected chi connectivity index (χ2v) is 4.13. The third-order valence-electron chi connectivity index (χ3n) is 3.03. The average molecular weight is 236 g/mol. The van der Waals surface area contributed by atoms with Gasteiger partial charge in [-0.2, -0.15) is 0 Å². The number of nitrogens with zero attached hydrogens (tertiary/aromatic N) is 1. The van der Waals surface area contributed by atoms with Crippen molar-refractivity contribution >= 4 is 27.7 Å². The standard InChI is InChI=1S/C15H12N2O/c1-16-15(18)11-6-4-8-14-12(11)9-10-5-2-3-7-13(10)17-14/h2-9H,1H3,(H,16,18). The van der Waals surface area contributed by atoms with Crippen molar-refractivity contribution in [3.63, 3.8) is 0 Å². The van der Waals surface area contributed by atoms with E-state index in [9.17, 15) is 4.79 Å². The highest BCUT2D eigenvalue weighted by Gasteiger charge is 2.09. The number of pyridine rings is 1. The zero-order valence-electron chi connectivity index (χ0n) is 9.97. The molecule has 0 saturated heterocycles. The maximum absolute atomic E-state index is 11.8. The first-order chi connectivity index (χ1) is 8.79. The van der Waals surface area contributed by atoms with Gasteiger partial charge in [-0.3, -0.25) is 4.79 Å². The van der Waals surface area contributed by atoms with Gasteiger partial charge in [0.25, 0.3) is 5.91 Å². The van der Waals surface area contributed by atoms with Gasteiger partial charge in [0.05, 0.1) is 11.0 Å². The number of carbonyl (C=O) groups is 1. The van der Waals surface area contributed by atoms with Gasteiger partial charge in [0.2, 0.25) is 0 Å². The van der Waals surface area contributed by atoms with Crippen LogP contribution in [0.25, 0.3) is 21.8 Å². The van der Waals surface area contributed by atoms with Crippen LogP contribution in [0.3, 0.4) is 0 Å². The Hall–Kier alpha value is -2.42. The minimum atomic E-state index is -0.0855. The van der Waals surface area contributed by atoms with Crippen molar-refractivity contribution in [1.82, 2.24) is 10.3 Å². The molecular weight excluding hydrogens is 224 g/mol. The van der Waals surface area contributed by atoms with E-state index in [1.54, 1.807) is 7.05 Å². The molecule has 0 fully saturated rings. The van der Waals surface area contributed by atoms with E-state index in [-0.39, 0.29) is 5.91 Å². The summed E-state index contributed by atoms with van der Waals surface area (Å²) in [6.07, 6.45) is 0. The van der Waals surface area contributed by atoms with Crippen LogP contribution in [-0.4, -0.2) is 17.9 Å². The number of amides is 1. The Morgan fingerprint density at radius 2 is 1.83 bits per heavy atom. The van der Waals surface area contributed by atoms with Crippen molar-refractivity contribution in [2.45, 2.75) is 0 Å².